The number of hydrogen-bond donors (Lipinski definition) is 0. The third kappa shape index (κ3) is 2.26. The van der Waals surface area contributed by atoms with E-state index in [4.69, 9.17) is 0 Å². The van der Waals surface area contributed by atoms with Crippen LogP contribution in [0, 0.1) is 16.0 Å². The molecule has 0 amide bonds. The van der Waals surface area contributed by atoms with Gasteiger partial charge in [0.25, 0.3) is 0 Å². The predicted octanol–water partition coefficient (Wildman–Crippen LogP) is 0.0973. The number of anilines is 1. The zero-order chi connectivity index (χ0) is 15.0. The molecule has 0 radical (unpaired) electrons. The van der Waals surface area contributed by atoms with E-state index in [0.29, 0.717) is 37.1 Å². The summed E-state index contributed by atoms with van der Waals surface area (Å²) in [5.41, 5.74) is 0.648. The molecule has 0 aliphatic carbocycles. The number of piperidine rings is 1. The topological polar surface area (TPSA) is 125 Å². The molecule has 0 spiro atoms. The zero-order valence-electron chi connectivity index (χ0n) is 10.9. The summed E-state index contributed by atoms with van der Waals surface area (Å²) in [6.07, 6.45) is 0.795. The van der Waals surface area contributed by atoms with Crippen LogP contribution >= 0.6 is 0 Å². The highest BCUT2D eigenvalue weighted by Crippen LogP contribution is 2.36. The Bertz CT molecular complexity index is 705. The molecule has 0 bridgehead atoms. The van der Waals surface area contributed by atoms with E-state index < -0.39 is 16.8 Å². The van der Waals surface area contributed by atoms with Gasteiger partial charge in [-0.1, -0.05) is 0 Å². The molecular formula is C12H11N4O5-. The van der Waals surface area contributed by atoms with Crippen molar-refractivity contribution in [2.45, 2.75) is 12.8 Å². The maximum atomic E-state index is 11.3. The molecular weight excluding hydrogens is 280 g/mol. The Kier molecular flexibility index (Phi) is 3.16. The number of rotatable bonds is 3. The summed E-state index contributed by atoms with van der Waals surface area (Å²) < 4.78 is 4.54. The molecule has 1 fully saturated rings. The van der Waals surface area contributed by atoms with Gasteiger partial charge in [0.2, 0.25) is 5.52 Å². The van der Waals surface area contributed by atoms with E-state index in [1.165, 1.54) is 0 Å². The Balaban J connectivity index is 1.95. The van der Waals surface area contributed by atoms with Gasteiger partial charge in [0.1, 0.15) is 11.2 Å². The summed E-state index contributed by atoms with van der Waals surface area (Å²) in [7, 11) is 0. The number of hydrogen-bond acceptors (Lipinski definition) is 8. The Labute approximate surface area is 118 Å². The number of benzene rings is 1. The number of carboxylic acid groups (broad SMARTS) is 1. The lowest BCUT2D eigenvalue weighted by atomic mass is 9.96. The molecule has 9 nitrogen and oxygen atoms in total. The minimum absolute atomic E-state index is 0.0968. The van der Waals surface area contributed by atoms with Crippen LogP contribution in [0.1, 0.15) is 12.8 Å². The number of nitrogens with zero attached hydrogens (tertiary/aromatic N) is 4. The van der Waals surface area contributed by atoms with Gasteiger partial charge < -0.3 is 14.8 Å². The van der Waals surface area contributed by atoms with Crippen LogP contribution in [0.15, 0.2) is 16.8 Å². The first-order valence-corrected chi connectivity index (χ1v) is 6.43. The van der Waals surface area contributed by atoms with E-state index in [1.807, 2.05) is 0 Å². The highest BCUT2D eigenvalue weighted by atomic mass is 16.6. The molecule has 2 aromatic rings. The number of aromatic nitrogens is 2. The van der Waals surface area contributed by atoms with Gasteiger partial charge >= 0.3 is 5.69 Å². The van der Waals surface area contributed by atoms with E-state index in [-0.39, 0.29) is 11.2 Å². The molecule has 1 aliphatic rings. The van der Waals surface area contributed by atoms with Crippen molar-refractivity contribution in [1.29, 1.82) is 0 Å². The average molecular weight is 291 g/mol. The maximum absolute atomic E-state index is 11.3. The molecule has 3 rings (SSSR count). The van der Waals surface area contributed by atoms with Crippen LogP contribution in [0.25, 0.3) is 11.0 Å². The molecule has 2 heterocycles. The zero-order valence-corrected chi connectivity index (χ0v) is 10.9. The van der Waals surface area contributed by atoms with Crippen molar-refractivity contribution >= 4 is 28.4 Å². The van der Waals surface area contributed by atoms with Crippen LogP contribution in [-0.2, 0) is 4.79 Å². The summed E-state index contributed by atoms with van der Waals surface area (Å²) >= 11 is 0. The second-order valence-corrected chi connectivity index (χ2v) is 4.90. The van der Waals surface area contributed by atoms with Crippen LogP contribution in [0.4, 0.5) is 11.4 Å². The Morgan fingerprint density at radius 1 is 1.33 bits per heavy atom. The van der Waals surface area contributed by atoms with E-state index >= 15 is 0 Å². The maximum Gasteiger partial charge on any atom is 0.323 e. The van der Waals surface area contributed by atoms with Crippen LogP contribution in [-0.4, -0.2) is 34.3 Å². The van der Waals surface area contributed by atoms with Crippen LogP contribution in [0.5, 0.6) is 0 Å². The molecule has 9 heteroatoms. The third-order valence-corrected chi connectivity index (χ3v) is 3.73. The second kappa shape index (κ2) is 5.00. The fourth-order valence-electron chi connectivity index (χ4n) is 2.62. The molecule has 0 saturated carbocycles. The third-order valence-electron chi connectivity index (χ3n) is 3.73. The lowest BCUT2D eigenvalue weighted by Gasteiger charge is -2.33. The first-order valence-electron chi connectivity index (χ1n) is 6.43. The molecule has 21 heavy (non-hydrogen) atoms. The van der Waals surface area contributed by atoms with Crippen LogP contribution < -0.4 is 10.0 Å². The van der Waals surface area contributed by atoms with Gasteiger partial charge in [-0.2, -0.15) is 0 Å². The Hall–Kier alpha value is -2.71. The molecule has 1 saturated heterocycles. The summed E-state index contributed by atoms with van der Waals surface area (Å²) in [5, 5.41) is 29.3. The number of nitro groups is 1. The Morgan fingerprint density at radius 3 is 2.67 bits per heavy atom. The lowest BCUT2D eigenvalue weighted by molar-refractivity contribution is -0.382. The Morgan fingerprint density at radius 2 is 2.05 bits per heavy atom. The second-order valence-electron chi connectivity index (χ2n) is 4.90. The highest BCUT2D eigenvalue weighted by molar-refractivity contribution is 5.91. The van der Waals surface area contributed by atoms with Crippen LogP contribution in [0.2, 0.25) is 0 Å². The van der Waals surface area contributed by atoms with Crippen LogP contribution in [0.3, 0.4) is 0 Å². The van der Waals surface area contributed by atoms with Gasteiger partial charge in [-0.15, -0.1) is 0 Å². The largest absolute Gasteiger partial charge is 0.550 e. The number of carbonyl (C=O) groups excluding carboxylic acids is 1. The van der Waals surface area contributed by atoms with Crippen molar-refractivity contribution in [3.63, 3.8) is 0 Å². The van der Waals surface area contributed by atoms with Crippen molar-refractivity contribution in [2.75, 3.05) is 18.0 Å². The van der Waals surface area contributed by atoms with Gasteiger partial charge in [-0.3, -0.25) is 10.1 Å². The number of fused-ring (bicyclic) bond motifs is 1. The predicted molar refractivity (Wildman–Crippen MR) is 68.4 cm³/mol. The van der Waals surface area contributed by atoms with Gasteiger partial charge in [0.05, 0.1) is 4.92 Å². The minimum Gasteiger partial charge on any atom is -0.550 e. The number of aliphatic carboxylic acids is 1. The summed E-state index contributed by atoms with van der Waals surface area (Å²) in [6, 6.07) is 3.18. The average Bonchev–Trinajstić information content (AvgIpc) is 2.94. The summed E-state index contributed by atoms with van der Waals surface area (Å²) in [6.45, 7) is 0.826. The van der Waals surface area contributed by atoms with Gasteiger partial charge in [0, 0.05) is 25.0 Å². The number of nitro benzene ring substituents is 1. The van der Waals surface area contributed by atoms with Crippen molar-refractivity contribution in [3.05, 3.63) is 22.2 Å². The van der Waals surface area contributed by atoms with E-state index in [1.54, 1.807) is 17.0 Å². The fraction of sp³-hybridized carbons (Fsp3) is 0.417. The SMILES string of the molecule is O=C([O-])C1CCN(c2ccc3nonc3c2[N+](=O)[O-])CC1. The van der Waals surface area contributed by atoms with E-state index in [0.717, 1.165) is 0 Å². The minimum atomic E-state index is -1.07. The fourth-order valence-corrected chi connectivity index (χ4v) is 2.62. The smallest absolute Gasteiger partial charge is 0.323 e. The van der Waals surface area contributed by atoms with Gasteiger partial charge in [-0.05, 0) is 35.3 Å². The highest BCUT2D eigenvalue weighted by Gasteiger charge is 2.29. The van der Waals surface area contributed by atoms with Gasteiger partial charge in [0.15, 0.2) is 0 Å². The molecule has 1 aromatic heterocycles. The van der Waals surface area contributed by atoms with Crippen molar-refractivity contribution in [1.82, 2.24) is 10.3 Å². The van der Waals surface area contributed by atoms with Gasteiger partial charge in [-0.25, -0.2) is 4.63 Å². The molecule has 1 aliphatic heterocycles. The molecule has 0 unspecified atom stereocenters. The number of carboxylic acids is 1. The number of carbonyl (C=O) groups is 1. The summed E-state index contributed by atoms with van der Waals surface area (Å²) in [5.74, 6) is -1.57. The van der Waals surface area contributed by atoms with Crippen molar-refractivity contribution in [2.24, 2.45) is 5.92 Å². The first kappa shape index (κ1) is 13.3. The quantitative estimate of drug-likeness (QED) is 0.575. The molecule has 0 N–H and O–H groups in total. The first-order chi connectivity index (χ1) is 10.1. The van der Waals surface area contributed by atoms with Crippen molar-refractivity contribution in [3.8, 4) is 0 Å². The standard InChI is InChI=1S/C12H12N4O5/c17-12(18)7-3-5-15(6-4-7)9-2-1-8-10(14-21-13-8)11(9)16(19)20/h1-2,7H,3-6H2,(H,17,18)/p-1. The van der Waals surface area contributed by atoms with Crippen molar-refractivity contribution < 1.29 is 19.5 Å². The lowest BCUT2D eigenvalue weighted by Crippen LogP contribution is -2.41. The molecule has 110 valence electrons. The van der Waals surface area contributed by atoms with E-state index in [2.05, 4.69) is 14.9 Å². The van der Waals surface area contributed by atoms with E-state index in [9.17, 15) is 20.0 Å². The molecule has 0 atom stereocenters. The normalized spacial score (nSPS) is 16.3. The monoisotopic (exact) mass is 291 g/mol. The molecule has 1 aromatic carbocycles. The summed E-state index contributed by atoms with van der Waals surface area (Å²) in [4.78, 5) is 23.4.